The standard InChI is InChI=1S/C27H28O13S3/c41-16-24-10-25(17-42)12-26(11-24,18-43)15-27(13-24,14-25)21-6-3-19(4-7-21)1-2-20-5-8-22-23(9-20)29-31-33-35-37-39-40-38-36-34-32-30-28-22/h3-9,41-43H,10-18H2. The fourth-order valence-corrected chi connectivity index (χ4v) is 9.08. The number of hydrogen-bond acceptors (Lipinski definition) is 16. The predicted octanol–water partition coefficient (Wildman–Crippen LogP) is 5.39. The average molecular weight is 657 g/mol. The van der Waals surface area contributed by atoms with Crippen molar-refractivity contribution in [1.82, 2.24) is 0 Å². The van der Waals surface area contributed by atoms with Gasteiger partial charge in [0.1, 0.15) is 0 Å². The van der Waals surface area contributed by atoms with Gasteiger partial charge in [-0.3, -0.25) is 0 Å². The first-order valence-corrected chi connectivity index (χ1v) is 15.1. The number of rotatable bonds is 4. The molecule has 0 N–H and O–H groups in total. The van der Waals surface area contributed by atoms with Crippen LogP contribution in [0.2, 0.25) is 0 Å². The van der Waals surface area contributed by atoms with Crippen molar-refractivity contribution in [2.45, 2.75) is 43.9 Å². The second-order valence-electron chi connectivity index (χ2n) is 11.7. The molecule has 5 aliphatic rings. The first-order chi connectivity index (χ1) is 20.9. The maximum Gasteiger partial charge on any atom is 0.216 e. The third-order valence-corrected chi connectivity index (χ3v) is 10.7. The van der Waals surface area contributed by atoms with E-state index in [0.717, 1.165) is 42.1 Å². The molecule has 2 aromatic carbocycles. The van der Waals surface area contributed by atoms with Gasteiger partial charge >= 0.3 is 0 Å². The summed E-state index contributed by atoms with van der Waals surface area (Å²) in [6, 6.07) is 13.1. The smallest absolute Gasteiger partial charge is 0.216 e. The lowest BCUT2D eigenvalue weighted by molar-refractivity contribution is -0.865. The van der Waals surface area contributed by atoms with Gasteiger partial charge < -0.3 is 9.78 Å². The van der Waals surface area contributed by atoms with Crippen LogP contribution in [0.3, 0.4) is 0 Å². The summed E-state index contributed by atoms with van der Waals surface area (Å²) in [6.07, 6.45) is 7.09. The van der Waals surface area contributed by atoms with E-state index in [4.69, 9.17) is 47.7 Å². The number of fused-ring (bicyclic) bond motifs is 1. The van der Waals surface area contributed by atoms with Crippen LogP contribution in [0.5, 0.6) is 11.5 Å². The lowest BCUT2D eigenvalue weighted by Gasteiger charge is -2.71. The van der Waals surface area contributed by atoms with Gasteiger partial charge in [-0.1, -0.05) is 24.0 Å². The van der Waals surface area contributed by atoms with Crippen molar-refractivity contribution >= 4 is 37.9 Å². The van der Waals surface area contributed by atoms with E-state index in [0.29, 0.717) is 5.56 Å². The molecule has 0 unspecified atom stereocenters. The second kappa shape index (κ2) is 13.3. The van der Waals surface area contributed by atoms with Crippen LogP contribution in [0.15, 0.2) is 42.5 Å². The molecule has 13 nitrogen and oxygen atoms in total. The van der Waals surface area contributed by atoms with E-state index >= 15 is 0 Å². The zero-order valence-electron chi connectivity index (χ0n) is 22.6. The van der Waals surface area contributed by atoms with Crippen molar-refractivity contribution in [2.75, 3.05) is 17.3 Å². The molecular weight excluding hydrogens is 628 g/mol. The Kier molecular flexibility index (Phi) is 9.64. The summed E-state index contributed by atoms with van der Waals surface area (Å²) in [4.78, 5) is 9.86. The highest BCUT2D eigenvalue weighted by Gasteiger charge is 2.67. The zero-order valence-corrected chi connectivity index (χ0v) is 25.2. The van der Waals surface area contributed by atoms with E-state index in [2.05, 4.69) is 91.5 Å². The van der Waals surface area contributed by atoms with E-state index in [1.54, 1.807) is 6.07 Å². The second-order valence-corrected chi connectivity index (χ2v) is 12.7. The Morgan fingerprint density at radius 3 is 1.40 bits per heavy atom. The van der Waals surface area contributed by atoms with E-state index in [1.165, 1.54) is 37.0 Å². The molecule has 2 aromatic rings. The molecule has 0 spiro atoms. The molecule has 0 radical (unpaired) electrons. The minimum Gasteiger partial charge on any atom is -0.302 e. The minimum absolute atomic E-state index is 0.0427. The highest BCUT2D eigenvalue weighted by molar-refractivity contribution is 7.80. The fraction of sp³-hybridized carbons (Fsp3) is 0.481. The molecule has 1 heterocycles. The van der Waals surface area contributed by atoms with Gasteiger partial charge in [-0.05, 0) is 107 Å². The molecule has 4 saturated carbocycles. The Morgan fingerprint density at radius 1 is 0.488 bits per heavy atom. The molecular formula is C27H28O13S3. The molecule has 1 aliphatic heterocycles. The van der Waals surface area contributed by atoms with Crippen molar-refractivity contribution in [3.8, 4) is 23.3 Å². The van der Waals surface area contributed by atoms with Crippen molar-refractivity contribution in [2.24, 2.45) is 16.2 Å². The van der Waals surface area contributed by atoms with Crippen molar-refractivity contribution in [3.63, 3.8) is 0 Å². The topological polar surface area (TPSA) is 120 Å². The molecule has 0 amide bonds. The van der Waals surface area contributed by atoms with E-state index in [-0.39, 0.29) is 33.2 Å². The molecule has 0 atom stereocenters. The predicted molar refractivity (Wildman–Crippen MR) is 150 cm³/mol. The van der Waals surface area contributed by atoms with Crippen molar-refractivity contribution < 1.29 is 65.2 Å². The van der Waals surface area contributed by atoms with Crippen LogP contribution in [0, 0.1) is 28.1 Å². The van der Waals surface area contributed by atoms with Gasteiger partial charge in [0.05, 0.1) is 0 Å². The summed E-state index contributed by atoms with van der Waals surface area (Å²) in [5.41, 5.74) is 3.54. The molecule has 16 heteroatoms. The highest BCUT2D eigenvalue weighted by atomic mass is 32.1. The molecule has 4 fully saturated rings. The van der Waals surface area contributed by atoms with Crippen molar-refractivity contribution in [1.29, 1.82) is 0 Å². The Bertz CT molecular complexity index is 1280. The number of hydrogen-bond donors (Lipinski definition) is 3. The number of benzene rings is 2. The van der Waals surface area contributed by atoms with Gasteiger partial charge in [0.2, 0.25) is 11.5 Å². The largest absolute Gasteiger partial charge is 0.302 e. The normalized spacial score (nSPS) is 32.7. The molecule has 43 heavy (non-hydrogen) atoms. The Balaban J connectivity index is 1.19. The summed E-state index contributed by atoms with van der Waals surface area (Å²) < 4.78 is 0. The highest BCUT2D eigenvalue weighted by Crippen LogP contribution is 2.74. The van der Waals surface area contributed by atoms with Gasteiger partial charge in [-0.2, -0.15) is 37.9 Å². The Labute approximate surface area is 262 Å². The number of thiol groups is 3. The van der Waals surface area contributed by atoms with Crippen LogP contribution >= 0.6 is 37.9 Å². The molecule has 232 valence electrons. The summed E-state index contributed by atoms with van der Waals surface area (Å²) in [5, 5.41) is 43.9. The van der Waals surface area contributed by atoms with Crippen LogP contribution < -0.4 is 9.78 Å². The summed E-state index contributed by atoms with van der Waals surface area (Å²) in [6.45, 7) is 0. The molecule has 4 aliphatic carbocycles. The zero-order chi connectivity index (χ0) is 29.8. The van der Waals surface area contributed by atoms with Gasteiger partial charge in [0.25, 0.3) is 0 Å². The van der Waals surface area contributed by atoms with Gasteiger partial charge in [0.15, 0.2) is 0 Å². The third kappa shape index (κ3) is 6.76. The SMILES string of the molecule is SCC12CC3(CS)CC(CS)(C1)CC(c1ccc(C#Cc4ccc5c(c4)OOOOOOOOOOOOO5)cc1)(C2)C3. The van der Waals surface area contributed by atoms with Crippen LogP contribution in [-0.4, -0.2) is 17.3 Å². The summed E-state index contributed by atoms with van der Waals surface area (Å²) in [7, 11) is 0. The fourth-order valence-electron chi connectivity index (χ4n) is 8.07. The molecule has 0 aromatic heterocycles. The summed E-state index contributed by atoms with van der Waals surface area (Å²) >= 11 is 14.6. The van der Waals surface area contributed by atoms with Gasteiger partial charge in [-0.15, -0.1) is 0 Å². The lowest BCUT2D eigenvalue weighted by Crippen LogP contribution is -2.64. The van der Waals surface area contributed by atoms with Crippen LogP contribution in [-0.2, 0) is 60.8 Å². The average Bonchev–Trinajstić information content (AvgIpc) is 3.03. The third-order valence-electron chi connectivity index (χ3n) is 8.71. The molecule has 7 rings (SSSR count). The summed E-state index contributed by atoms with van der Waals surface area (Å²) in [5.74, 6) is 8.86. The molecule has 0 saturated heterocycles. The maximum atomic E-state index is 4.97. The van der Waals surface area contributed by atoms with Crippen LogP contribution in [0.25, 0.3) is 0 Å². The lowest BCUT2D eigenvalue weighted by atomic mass is 9.35. The first kappa shape index (κ1) is 31.2. The van der Waals surface area contributed by atoms with Crippen molar-refractivity contribution in [3.05, 3.63) is 59.2 Å². The van der Waals surface area contributed by atoms with Gasteiger partial charge in [-0.25, -0.2) is 0 Å². The van der Waals surface area contributed by atoms with E-state index < -0.39 is 0 Å². The maximum absolute atomic E-state index is 4.97. The quantitative estimate of drug-likeness (QED) is 0.222. The first-order valence-electron chi connectivity index (χ1n) is 13.2. The van der Waals surface area contributed by atoms with E-state index in [1.807, 2.05) is 0 Å². The Hall–Kier alpha value is -1.79. The van der Waals surface area contributed by atoms with E-state index in [9.17, 15) is 0 Å². The van der Waals surface area contributed by atoms with Crippen LogP contribution in [0.4, 0.5) is 0 Å². The van der Waals surface area contributed by atoms with Crippen LogP contribution in [0.1, 0.15) is 55.2 Å². The minimum atomic E-state index is -0.0604. The van der Waals surface area contributed by atoms with Gasteiger partial charge in [0, 0.05) is 72.6 Å². The monoisotopic (exact) mass is 656 g/mol. The Morgan fingerprint density at radius 2 is 0.907 bits per heavy atom. The molecule has 4 bridgehead atoms.